The fourth-order valence-corrected chi connectivity index (χ4v) is 3.42. The van der Waals surface area contributed by atoms with Crippen LogP contribution in [0.15, 0.2) is 23.1 Å². The van der Waals surface area contributed by atoms with Crippen molar-refractivity contribution in [2.24, 2.45) is 0 Å². The standard InChI is InChI=1S/C16H21N3OS/c1-3-21-16-7-4-6-15(14(16)12-17)19-9-5-8-18(10-11-19)13(2)20/h4,6-7H,3,5,8-11H2,1-2H3. The Balaban J connectivity index is 2.24. The van der Waals surface area contributed by atoms with Crippen molar-refractivity contribution < 1.29 is 4.79 Å². The normalized spacial score (nSPS) is 15.5. The van der Waals surface area contributed by atoms with E-state index in [1.54, 1.807) is 18.7 Å². The molecule has 21 heavy (non-hydrogen) atoms. The first-order chi connectivity index (χ1) is 10.2. The summed E-state index contributed by atoms with van der Waals surface area (Å²) in [6.07, 6.45) is 0.940. The second-order valence-electron chi connectivity index (χ2n) is 5.04. The number of hydrogen-bond acceptors (Lipinski definition) is 4. The number of benzene rings is 1. The van der Waals surface area contributed by atoms with Gasteiger partial charge in [0.15, 0.2) is 0 Å². The quantitative estimate of drug-likeness (QED) is 0.806. The van der Waals surface area contributed by atoms with Crippen LogP contribution in [0.5, 0.6) is 0 Å². The predicted molar refractivity (Wildman–Crippen MR) is 86.6 cm³/mol. The average Bonchev–Trinajstić information content (AvgIpc) is 2.73. The molecule has 0 N–H and O–H groups in total. The van der Waals surface area contributed by atoms with Crippen LogP contribution in [-0.2, 0) is 4.79 Å². The fourth-order valence-electron chi connectivity index (χ4n) is 2.64. The molecule has 1 fully saturated rings. The minimum atomic E-state index is 0.132. The molecule has 1 aromatic carbocycles. The van der Waals surface area contributed by atoms with Crippen LogP contribution in [0.2, 0.25) is 0 Å². The Kier molecular flexibility index (Phi) is 5.51. The Bertz CT molecular complexity index is 553. The molecule has 1 aliphatic rings. The summed E-state index contributed by atoms with van der Waals surface area (Å²) >= 11 is 1.70. The highest BCUT2D eigenvalue weighted by atomic mass is 32.2. The summed E-state index contributed by atoms with van der Waals surface area (Å²) in [7, 11) is 0. The van der Waals surface area contributed by atoms with E-state index in [4.69, 9.17) is 0 Å². The minimum absolute atomic E-state index is 0.132. The van der Waals surface area contributed by atoms with E-state index in [2.05, 4.69) is 17.9 Å². The van der Waals surface area contributed by atoms with Gasteiger partial charge in [0.05, 0.1) is 11.3 Å². The number of thioether (sulfide) groups is 1. The van der Waals surface area contributed by atoms with Gasteiger partial charge >= 0.3 is 0 Å². The molecular formula is C16H21N3OS. The van der Waals surface area contributed by atoms with Crippen molar-refractivity contribution in [3.8, 4) is 6.07 Å². The van der Waals surface area contributed by atoms with E-state index in [1.165, 1.54) is 0 Å². The molecule has 0 spiro atoms. The molecular weight excluding hydrogens is 282 g/mol. The lowest BCUT2D eigenvalue weighted by Gasteiger charge is -2.25. The van der Waals surface area contributed by atoms with Gasteiger partial charge in [-0.1, -0.05) is 13.0 Å². The van der Waals surface area contributed by atoms with Crippen molar-refractivity contribution >= 4 is 23.4 Å². The lowest BCUT2D eigenvalue weighted by molar-refractivity contribution is -0.128. The maximum Gasteiger partial charge on any atom is 0.219 e. The maximum absolute atomic E-state index is 11.5. The number of nitrogens with zero attached hydrogens (tertiary/aromatic N) is 3. The minimum Gasteiger partial charge on any atom is -0.369 e. The molecule has 0 aliphatic carbocycles. The second kappa shape index (κ2) is 7.37. The first kappa shape index (κ1) is 15.7. The summed E-state index contributed by atoms with van der Waals surface area (Å²) in [4.78, 5) is 16.7. The van der Waals surface area contributed by atoms with Crippen molar-refractivity contribution in [1.29, 1.82) is 5.26 Å². The van der Waals surface area contributed by atoms with Crippen LogP contribution in [0.1, 0.15) is 25.8 Å². The molecule has 1 amide bonds. The van der Waals surface area contributed by atoms with Crippen LogP contribution < -0.4 is 4.90 Å². The van der Waals surface area contributed by atoms with Crippen LogP contribution in [-0.4, -0.2) is 42.7 Å². The molecule has 0 unspecified atom stereocenters. The number of carbonyl (C=O) groups is 1. The molecule has 4 nitrogen and oxygen atoms in total. The number of nitriles is 1. The van der Waals surface area contributed by atoms with Crippen LogP contribution in [0.4, 0.5) is 5.69 Å². The molecule has 112 valence electrons. The third kappa shape index (κ3) is 3.70. The van der Waals surface area contributed by atoms with Gasteiger partial charge in [-0.3, -0.25) is 4.79 Å². The number of anilines is 1. The van der Waals surface area contributed by atoms with Crippen molar-refractivity contribution in [3.63, 3.8) is 0 Å². The van der Waals surface area contributed by atoms with E-state index in [9.17, 15) is 10.1 Å². The smallest absolute Gasteiger partial charge is 0.219 e. The SMILES string of the molecule is CCSc1cccc(N2CCCN(C(C)=O)CC2)c1C#N. The summed E-state index contributed by atoms with van der Waals surface area (Å²) in [6.45, 7) is 6.92. The zero-order valence-electron chi connectivity index (χ0n) is 12.6. The highest BCUT2D eigenvalue weighted by Gasteiger charge is 2.19. The third-order valence-corrected chi connectivity index (χ3v) is 4.64. The van der Waals surface area contributed by atoms with Crippen molar-refractivity contribution in [3.05, 3.63) is 23.8 Å². The Morgan fingerprint density at radius 3 is 2.81 bits per heavy atom. The summed E-state index contributed by atoms with van der Waals surface area (Å²) < 4.78 is 0. The van der Waals surface area contributed by atoms with Gasteiger partial charge in [-0.25, -0.2) is 0 Å². The molecule has 0 saturated carbocycles. The van der Waals surface area contributed by atoms with E-state index in [1.807, 2.05) is 23.1 Å². The zero-order valence-corrected chi connectivity index (χ0v) is 13.4. The van der Waals surface area contributed by atoms with Crippen LogP contribution >= 0.6 is 11.8 Å². The maximum atomic E-state index is 11.5. The molecule has 0 atom stereocenters. The molecule has 2 rings (SSSR count). The van der Waals surface area contributed by atoms with Gasteiger partial charge in [-0.2, -0.15) is 5.26 Å². The van der Waals surface area contributed by atoms with Crippen molar-refractivity contribution in [1.82, 2.24) is 4.90 Å². The number of carbonyl (C=O) groups excluding carboxylic acids is 1. The van der Waals surface area contributed by atoms with Crippen molar-refractivity contribution in [2.75, 3.05) is 36.8 Å². The topological polar surface area (TPSA) is 47.3 Å². The lowest BCUT2D eigenvalue weighted by Crippen LogP contribution is -2.33. The summed E-state index contributed by atoms with van der Waals surface area (Å²) in [5.74, 6) is 1.09. The molecule has 1 aliphatic heterocycles. The van der Waals surface area contributed by atoms with Gasteiger partial charge in [-0.15, -0.1) is 11.8 Å². The summed E-state index contributed by atoms with van der Waals surface area (Å²) in [5, 5.41) is 9.51. The summed E-state index contributed by atoms with van der Waals surface area (Å²) in [5.41, 5.74) is 1.77. The van der Waals surface area contributed by atoms with E-state index in [0.717, 1.165) is 54.5 Å². The Hall–Kier alpha value is -1.67. The number of amides is 1. The van der Waals surface area contributed by atoms with E-state index >= 15 is 0 Å². The summed E-state index contributed by atoms with van der Waals surface area (Å²) in [6, 6.07) is 8.40. The molecule has 1 saturated heterocycles. The molecule has 1 aromatic rings. The van der Waals surface area contributed by atoms with Gasteiger partial charge in [-0.05, 0) is 24.3 Å². The highest BCUT2D eigenvalue weighted by Crippen LogP contribution is 2.30. The molecule has 5 heteroatoms. The first-order valence-electron chi connectivity index (χ1n) is 7.33. The van der Waals surface area contributed by atoms with Crippen LogP contribution in [0.3, 0.4) is 0 Å². The van der Waals surface area contributed by atoms with E-state index in [-0.39, 0.29) is 5.91 Å². The Morgan fingerprint density at radius 2 is 2.14 bits per heavy atom. The number of rotatable bonds is 3. The highest BCUT2D eigenvalue weighted by molar-refractivity contribution is 7.99. The fraction of sp³-hybridized carbons (Fsp3) is 0.500. The van der Waals surface area contributed by atoms with E-state index < -0.39 is 0 Å². The van der Waals surface area contributed by atoms with Gasteiger partial charge in [0.2, 0.25) is 5.91 Å². The Morgan fingerprint density at radius 1 is 1.33 bits per heavy atom. The first-order valence-corrected chi connectivity index (χ1v) is 8.32. The van der Waals surface area contributed by atoms with Crippen LogP contribution in [0.25, 0.3) is 0 Å². The average molecular weight is 303 g/mol. The molecule has 1 heterocycles. The molecule has 0 aromatic heterocycles. The van der Waals surface area contributed by atoms with Gasteiger partial charge in [0.25, 0.3) is 0 Å². The largest absolute Gasteiger partial charge is 0.369 e. The van der Waals surface area contributed by atoms with Gasteiger partial charge < -0.3 is 9.80 Å². The van der Waals surface area contributed by atoms with Crippen LogP contribution in [0, 0.1) is 11.3 Å². The monoisotopic (exact) mass is 303 g/mol. The second-order valence-corrected chi connectivity index (χ2v) is 6.35. The predicted octanol–water partition coefficient (Wildman–Crippen LogP) is 2.73. The lowest BCUT2D eigenvalue weighted by atomic mass is 10.1. The number of hydrogen-bond donors (Lipinski definition) is 0. The van der Waals surface area contributed by atoms with Crippen molar-refractivity contribution in [2.45, 2.75) is 25.2 Å². The molecule has 0 bridgehead atoms. The Labute approximate surface area is 130 Å². The van der Waals surface area contributed by atoms with Gasteiger partial charge in [0.1, 0.15) is 6.07 Å². The zero-order chi connectivity index (χ0) is 15.2. The van der Waals surface area contributed by atoms with E-state index in [0.29, 0.717) is 0 Å². The third-order valence-electron chi connectivity index (χ3n) is 3.70. The molecule has 0 radical (unpaired) electrons. The van der Waals surface area contributed by atoms with Gasteiger partial charge in [0, 0.05) is 38.0 Å².